The average Bonchev–Trinajstić information content (AvgIpc) is 2.95. The van der Waals surface area contributed by atoms with Gasteiger partial charge in [0.2, 0.25) is 0 Å². The minimum absolute atomic E-state index is 0.0778. The lowest BCUT2D eigenvalue weighted by Crippen LogP contribution is -2.23. The van der Waals surface area contributed by atoms with E-state index in [2.05, 4.69) is 17.0 Å². The zero-order valence-corrected chi connectivity index (χ0v) is 14.0. The molecule has 1 heterocycles. The van der Waals surface area contributed by atoms with Gasteiger partial charge in [-0.2, -0.15) is 0 Å². The standard InChI is InChI=1S/C18H17Cl2NO2/c19-16-7-6-13(8-17(16)20)14-10-21(11-15(14)18(22)23)9-12-4-2-1-3-5-12/h1-8,14-15H,9-11H2,(H,22,23)/t14-,15+/m1/s1. The van der Waals surface area contributed by atoms with Crippen LogP contribution in [0.2, 0.25) is 10.0 Å². The van der Waals surface area contributed by atoms with Crippen molar-refractivity contribution in [2.45, 2.75) is 12.5 Å². The zero-order chi connectivity index (χ0) is 16.4. The number of rotatable bonds is 4. The molecule has 3 nitrogen and oxygen atoms in total. The largest absolute Gasteiger partial charge is 0.481 e. The monoisotopic (exact) mass is 349 g/mol. The maximum Gasteiger partial charge on any atom is 0.308 e. The van der Waals surface area contributed by atoms with Crippen LogP contribution in [0.1, 0.15) is 17.0 Å². The minimum Gasteiger partial charge on any atom is -0.481 e. The van der Waals surface area contributed by atoms with Crippen LogP contribution in [0.5, 0.6) is 0 Å². The van der Waals surface area contributed by atoms with Crippen LogP contribution in [-0.2, 0) is 11.3 Å². The molecule has 1 aliphatic heterocycles. The molecule has 1 fully saturated rings. The lowest BCUT2D eigenvalue weighted by molar-refractivity contribution is -0.141. The molecule has 0 bridgehead atoms. The van der Waals surface area contributed by atoms with E-state index in [1.54, 1.807) is 12.1 Å². The first kappa shape index (κ1) is 16.3. The number of likely N-dealkylation sites (tertiary alicyclic amines) is 1. The van der Waals surface area contributed by atoms with Gasteiger partial charge in [0.15, 0.2) is 0 Å². The highest BCUT2D eigenvalue weighted by molar-refractivity contribution is 6.42. The van der Waals surface area contributed by atoms with Crippen LogP contribution < -0.4 is 0 Å². The predicted octanol–water partition coefficient (Wildman–Crippen LogP) is 4.29. The van der Waals surface area contributed by atoms with Crippen LogP contribution >= 0.6 is 23.2 Å². The second-order valence-electron chi connectivity index (χ2n) is 5.90. The molecule has 5 heteroatoms. The first-order valence-electron chi connectivity index (χ1n) is 7.48. The minimum atomic E-state index is -0.767. The van der Waals surface area contributed by atoms with Crippen molar-refractivity contribution in [3.8, 4) is 0 Å². The lowest BCUT2D eigenvalue weighted by Gasteiger charge is -2.16. The Morgan fingerprint density at radius 1 is 1.09 bits per heavy atom. The van der Waals surface area contributed by atoms with Gasteiger partial charge in [-0.3, -0.25) is 9.69 Å². The SMILES string of the molecule is O=C(O)[C@H]1CN(Cc2ccccc2)C[C@@H]1c1ccc(Cl)c(Cl)c1. The number of halogens is 2. The number of carbonyl (C=O) groups is 1. The smallest absolute Gasteiger partial charge is 0.308 e. The summed E-state index contributed by atoms with van der Waals surface area (Å²) in [5.41, 5.74) is 2.12. The van der Waals surface area contributed by atoms with Crippen molar-refractivity contribution in [2.24, 2.45) is 5.92 Å². The Balaban J connectivity index is 1.81. The number of carboxylic acid groups (broad SMARTS) is 1. The zero-order valence-electron chi connectivity index (χ0n) is 12.5. The van der Waals surface area contributed by atoms with E-state index in [4.69, 9.17) is 23.2 Å². The third-order valence-electron chi connectivity index (χ3n) is 4.33. The summed E-state index contributed by atoms with van der Waals surface area (Å²) in [4.78, 5) is 13.8. The quantitative estimate of drug-likeness (QED) is 0.894. The lowest BCUT2D eigenvalue weighted by atomic mass is 9.89. The Labute approximate surface area is 145 Å². The van der Waals surface area contributed by atoms with Crippen LogP contribution in [-0.4, -0.2) is 29.1 Å². The molecule has 120 valence electrons. The van der Waals surface area contributed by atoms with E-state index in [0.717, 1.165) is 12.1 Å². The number of carboxylic acids is 1. The summed E-state index contributed by atoms with van der Waals surface area (Å²) in [6, 6.07) is 15.5. The molecule has 1 saturated heterocycles. The third-order valence-corrected chi connectivity index (χ3v) is 5.07. The van der Waals surface area contributed by atoms with E-state index in [1.807, 2.05) is 24.3 Å². The highest BCUT2D eigenvalue weighted by atomic mass is 35.5. The normalized spacial score (nSPS) is 21.5. The molecule has 2 atom stereocenters. The van der Waals surface area contributed by atoms with Crippen LogP contribution in [0.25, 0.3) is 0 Å². The number of hydrogen-bond donors (Lipinski definition) is 1. The van der Waals surface area contributed by atoms with Gasteiger partial charge in [0.1, 0.15) is 0 Å². The molecule has 2 aromatic carbocycles. The Hall–Kier alpha value is -1.55. The molecule has 0 unspecified atom stereocenters. The van der Waals surface area contributed by atoms with E-state index in [0.29, 0.717) is 23.1 Å². The molecule has 3 rings (SSSR count). The molecule has 0 aromatic heterocycles. The van der Waals surface area contributed by atoms with Crippen molar-refractivity contribution in [1.82, 2.24) is 4.90 Å². The first-order valence-corrected chi connectivity index (χ1v) is 8.24. The summed E-state index contributed by atoms with van der Waals surface area (Å²) < 4.78 is 0. The number of aliphatic carboxylic acids is 1. The fraction of sp³-hybridized carbons (Fsp3) is 0.278. The molecule has 2 aromatic rings. The Kier molecular flexibility index (Phi) is 4.90. The molecular weight excluding hydrogens is 333 g/mol. The van der Waals surface area contributed by atoms with Crippen molar-refractivity contribution >= 4 is 29.2 Å². The second kappa shape index (κ2) is 6.91. The summed E-state index contributed by atoms with van der Waals surface area (Å²) in [6.45, 7) is 1.99. The molecule has 1 N–H and O–H groups in total. The maximum absolute atomic E-state index is 11.6. The molecular formula is C18H17Cl2NO2. The van der Waals surface area contributed by atoms with E-state index in [1.165, 1.54) is 5.56 Å². The maximum atomic E-state index is 11.6. The Morgan fingerprint density at radius 2 is 1.83 bits per heavy atom. The van der Waals surface area contributed by atoms with E-state index >= 15 is 0 Å². The fourth-order valence-corrected chi connectivity index (χ4v) is 3.49. The van der Waals surface area contributed by atoms with Crippen molar-refractivity contribution in [3.63, 3.8) is 0 Å². The molecule has 0 aliphatic carbocycles. The van der Waals surface area contributed by atoms with Gasteiger partial charge < -0.3 is 5.11 Å². The summed E-state index contributed by atoms with van der Waals surface area (Å²) in [5, 5.41) is 10.5. The summed E-state index contributed by atoms with van der Waals surface area (Å²) in [6.07, 6.45) is 0. The van der Waals surface area contributed by atoms with Gasteiger partial charge in [-0.05, 0) is 23.3 Å². The van der Waals surface area contributed by atoms with Crippen LogP contribution in [0.15, 0.2) is 48.5 Å². The molecule has 0 saturated carbocycles. The third kappa shape index (κ3) is 3.69. The molecule has 0 spiro atoms. The highest BCUT2D eigenvalue weighted by Crippen LogP contribution is 2.36. The molecule has 1 aliphatic rings. The highest BCUT2D eigenvalue weighted by Gasteiger charge is 2.38. The van der Waals surface area contributed by atoms with Gasteiger partial charge in [-0.25, -0.2) is 0 Å². The first-order chi connectivity index (χ1) is 11.0. The fourth-order valence-electron chi connectivity index (χ4n) is 3.19. The van der Waals surface area contributed by atoms with Crippen LogP contribution in [0, 0.1) is 5.92 Å². The van der Waals surface area contributed by atoms with Crippen LogP contribution in [0.4, 0.5) is 0 Å². The Morgan fingerprint density at radius 3 is 2.48 bits per heavy atom. The van der Waals surface area contributed by atoms with Gasteiger partial charge in [0.05, 0.1) is 16.0 Å². The van der Waals surface area contributed by atoms with Gasteiger partial charge in [0, 0.05) is 25.6 Å². The van der Waals surface area contributed by atoms with E-state index < -0.39 is 11.9 Å². The Bertz CT molecular complexity index is 705. The van der Waals surface area contributed by atoms with Crippen molar-refractivity contribution in [1.29, 1.82) is 0 Å². The average molecular weight is 350 g/mol. The number of nitrogens with zero attached hydrogens (tertiary/aromatic N) is 1. The molecule has 23 heavy (non-hydrogen) atoms. The second-order valence-corrected chi connectivity index (χ2v) is 6.72. The van der Waals surface area contributed by atoms with Gasteiger partial charge >= 0.3 is 5.97 Å². The van der Waals surface area contributed by atoms with Gasteiger partial charge in [-0.15, -0.1) is 0 Å². The summed E-state index contributed by atoms with van der Waals surface area (Å²) in [5.74, 6) is -1.28. The summed E-state index contributed by atoms with van der Waals surface area (Å²) in [7, 11) is 0. The van der Waals surface area contributed by atoms with Crippen LogP contribution in [0.3, 0.4) is 0 Å². The van der Waals surface area contributed by atoms with E-state index in [-0.39, 0.29) is 5.92 Å². The number of benzene rings is 2. The summed E-state index contributed by atoms with van der Waals surface area (Å²) >= 11 is 12.1. The van der Waals surface area contributed by atoms with Crippen molar-refractivity contribution < 1.29 is 9.90 Å². The van der Waals surface area contributed by atoms with Crippen molar-refractivity contribution in [3.05, 3.63) is 69.7 Å². The number of hydrogen-bond acceptors (Lipinski definition) is 2. The predicted molar refractivity (Wildman–Crippen MR) is 92.0 cm³/mol. The van der Waals surface area contributed by atoms with E-state index in [9.17, 15) is 9.90 Å². The van der Waals surface area contributed by atoms with Gasteiger partial charge in [0.25, 0.3) is 0 Å². The van der Waals surface area contributed by atoms with Crippen molar-refractivity contribution in [2.75, 3.05) is 13.1 Å². The van der Waals surface area contributed by atoms with Gasteiger partial charge in [-0.1, -0.05) is 59.6 Å². The topological polar surface area (TPSA) is 40.5 Å². The molecule has 0 amide bonds. The molecule has 0 radical (unpaired) electrons.